The summed E-state index contributed by atoms with van der Waals surface area (Å²) in [5.74, 6) is -1.22. The summed E-state index contributed by atoms with van der Waals surface area (Å²) in [6.07, 6.45) is 1.61. The largest absolute Gasteiger partial charge is 0.466 e. The van der Waals surface area contributed by atoms with E-state index in [1.54, 1.807) is 30.9 Å². The Balaban J connectivity index is 1.50. The Morgan fingerprint density at radius 3 is 2.66 bits per heavy atom. The second kappa shape index (κ2) is 9.28. The number of fused-ring (bicyclic) bond motifs is 2. The number of rotatable bonds is 5. The van der Waals surface area contributed by atoms with E-state index in [1.165, 1.54) is 28.8 Å². The molecule has 3 aliphatic rings. The number of ether oxygens (including phenoxy) is 1. The highest BCUT2D eigenvalue weighted by Gasteiger charge is 2.63. The van der Waals surface area contributed by atoms with Crippen LogP contribution in [0.1, 0.15) is 32.3 Å². The number of likely N-dealkylation sites (tertiary alicyclic amines) is 1. The minimum Gasteiger partial charge on any atom is -0.466 e. The number of hydrogen-bond donors (Lipinski definition) is 0. The topological polar surface area (TPSA) is 70.2 Å². The van der Waals surface area contributed by atoms with Gasteiger partial charge in [0.15, 0.2) is 0 Å². The van der Waals surface area contributed by atoms with Crippen molar-refractivity contribution in [2.24, 2.45) is 5.92 Å². The molecule has 3 atom stereocenters. The number of benzene rings is 2. The van der Waals surface area contributed by atoms with Gasteiger partial charge in [0.2, 0.25) is 10.8 Å². The molecule has 7 nitrogen and oxygen atoms in total. The molecule has 3 unspecified atom stereocenters. The van der Waals surface area contributed by atoms with E-state index >= 15 is 0 Å². The number of thioether (sulfide) groups is 1. The summed E-state index contributed by atoms with van der Waals surface area (Å²) in [4.78, 5) is 44.0. The zero-order chi connectivity index (χ0) is 24.7. The monoisotopic (exact) mass is 497 g/mol. The standard InChI is InChI=1S/C26H28FN3O4S/c1-3-34-24(32)18-7-6-14-28(15-18)16-29-22-9-5-4-8-21(22)26(25(29)33)30(23(31)17(2)35-26)20-12-10-19(27)11-13-20/h4-5,8-13,17-18H,3,6-7,14-16H2,1-2H3. The maximum absolute atomic E-state index is 14.2. The fourth-order valence-corrected chi connectivity index (χ4v) is 6.83. The molecule has 2 aromatic rings. The van der Waals surface area contributed by atoms with E-state index in [2.05, 4.69) is 4.90 Å². The molecular formula is C26H28FN3O4S. The van der Waals surface area contributed by atoms with Gasteiger partial charge in [0.25, 0.3) is 5.91 Å². The minimum atomic E-state index is -1.26. The molecule has 3 heterocycles. The number of para-hydroxylation sites is 1. The molecule has 2 aromatic carbocycles. The molecule has 1 spiro atoms. The average Bonchev–Trinajstić information content (AvgIpc) is 3.26. The molecule has 0 N–H and O–H groups in total. The Bertz CT molecular complexity index is 1160. The Kier molecular flexibility index (Phi) is 6.31. The van der Waals surface area contributed by atoms with E-state index in [0.29, 0.717) is 25.5 Å². The van der Waals surface area contributed by atoms with Gasteiger partial charge in [0.1, 0.15) is 5.82 Å². The SMILES string of the molecule is CCOC(=O)C1CCCN(CN2C(=O)C3(SC(C)C(=O)N3c3ccc(F)cc3)c3ccccc32)C1. The highest BCUT2D eigenvalue weighted by Crippen LogP contribution is 2.57. The Morgan fingerprint density at radius 2 is 1.91 bits per heavy atom. The molecule has 3 aliphatic heterocycles. The maximum atomic E-state index is 14.2. The number of esters is 1. The van der Waals surface area contributed by atoms with Gasteiger partial charge in [-0.3, -0.25) is 29.1 Å². The molecule has 9 heteroatoms. The van der Waals surface area contributed by atoms with E-state index in [-0.39, 0.29) is 23.7 Å². The van der Waals surface area contributed by atoms with Crippen LogP contribution in [0, 0.1) is 11.7 Å². The van der Waals surface area contributed by atoms with E-state index in [9.17, 15) is 18.8 Å². The number of nitrogens with zero attached hydrogens (tertiary/aromatic N) is 3. The van der Waals surface area contributed by atoms with Crippen molar-refractivity contribution in [3.05, 3.63) is 59.9 Å². The van der Waals surface area contributed by atoms with E-state index < -0.39 is 15.9 Å². The Labute approximate surface area is 208 Å². The quantitative estimate of drug-likeness (QED) is 0.587. The first-order valence-corrected chi connectivity index (χ1v) is 12.8. The van der Waals surface area contributed by atoms with E-state index in [0.717, 1.165) is 30.6 Å². The van der Waals surface area contributed by atoms with Gasteiger partial charge < -0.3 is 4.74 Å². The Morgan fingerprint density at radius 1 is 1.17 bits per heavy atom. The van der Waals surface area contributed by atoms with E-state index in [1.807, 2.05) is 24.3 Å². The molecule has 0 saturated carbocycles. The van der Waals surface area contributed by atoms with Crippen molar-refractivity contribution in [3.63, 3.8) is 0 Å². The molecule has 0 bridgehead atoms. The molecule has 0 aromatic heterocycles. The van der Waals surface area contributed by atoms with Gasteiger partial charge in [-0.05, 0) is 63.6 Å². The van der Waals surface area contributed by atoms with Crippen LogP contribution in [0.5, 0.6) is 0 Å². The van der Waals surface area contributed by atoms with Crippen molar-refractivity contribution >= 4 is 40.9 Å². The van der Waals surface area contributed by atoms with Crippen LogP contribution in [0.25, 0.3) is 0 Å². The average molecular weight is 498 g/mol. The van der Waals surface area contributed by atoms with Crippen LogP contribution >= 0.6 is 11.8 Å². The molecular weight excluding hydrogens is 469 g/mol. The predicted molar refractivity (Wildman–Crippen MR) is 132 cm³/mol. The number of carbonyl (C=O) groups is 3. The third-order valence-corrected chi connectivity index (χ3v) is 8.35. The summed E-state index contributed by atoms with van der Waals surface area (Å²) in [6.45, 7) is 5.53. The van der Waals surface area contributed by atoms with Gasteiger partial charge in [0.05, 0.1) is 30.1 Å². The molecule has 2 fully saturated rings. The number of amides is 2. The third kappa shape index (κ3) is 3.90. The predicted octanol–water partition coefficient (Wildman–Crippen LogP) is 3.73. The van der Waals surface area contributed by atoms with Crippen LogP contribution in [0.4, 0.5) is 15.8 Å². The van der Waals surface area contributed by atoms with Crippen LogP contribution in [0.3, 0.4) is 0 Å². The fraction of sp³-hybridized carbons (Fsp3) is 0.423. The van der Waals surface area contributed by atoms with Crippen molar-refractivity contribution in [3.8, 4) is 0 Å². The summed E-state index contributed by atoms with van der Waals surface area (Å²) in [6, 6.07) is 13.2. The lowest BCUT2D eigenvalue weighted by Crippen LogP contribution is -2.53. The van der Waals surface area contributed by atoms with E-state index in [4.69, 9.17) is 4.74 Å². The van der Waals surface area contributed by atoms with Gasteiger partial charge in [-0.15, -0.1) is 11.8 Å². The van der Waals surface area contributed by atoms with Crippen molar-refractivity contribution in [2.75, 3.05) is 36.2 Å². The molecule has 2 amide bonds. The number of hydrogen-bond acceptors (Lipinski definition) is 6. The second-order valence-corrected chi connectivity index (χ2v) is 10.6. The molecule has 0 radical (unpaired) electrons. The number of halogens is 1. The van der Waals surface area contributed by atoms with Crippen molar-refractivity contribution in [2.45, 2.75) is 36.8 Å². The zero-order valence-corrected chi connectivity index (χ0v) is 20.6. The van der Waals surface area contributed by atoms with Crippen LogP contribution in [-0.4, -0.2) is 54.3 Å². The summed E-state index contributed by atoms with van der Waals surface area (Å²) in [7, 11) is 0. The van der Waals surface area contributed by atoms with Crippen molar-refractivity contribution in [1.29, 1.82) is 0 Å². The highest BCUT2D eigenvalue weighted by atomic mass is 32.2. The molecule has 0 aliphatic carbocycles. The lowest BCUT2D eigenvalue weighted by Gasteiger charge is -2.36. The molecule has 184 valence electrons. The highest BCUT2D eigenvalue weighted by molar-refractivity contribution is 8.03. The second-order valence-electron chi connectivity index (χ2n) is 9.11. The first kappa shape index (κ1) is 23.8. The first-order chi connectivity index (χ1) is 16.9. The fourth-order valence-electron chi connectivity index (χ4n) is 5.31. The third-order valence-electron chi connectivity index (χ3n) is 6.88. The number of carbonyl (C=O) groups excluding carboxylic acids is 3. The molecule has 5 rings (SSSR count). The summed E-state index contributed by atoms with van der Waals surface area (Å²) in [5.41, 5.74) is 1.98. The first-order valence-electron chi connectivity index (χ1n) is 11.9. The lowest BCUT2D eigenvalue weighted by molar-refractivity contribution is -0.149. The van der Waals surface area contributed by atoms with Crippen LogP contribution in [-0.2, 0) is 24.0 Å². The van der Waals surface area contributed by atoms with Gasteiger partial charge in [-0.2, -0.15) is 0 Å². The van der Waals surface area contributed by atoms with Crippen LogP contribution in [0.2, 0.25) is 0 Å². The van der Waals surface area contributed by atoms with Crippen molar-refractivity contribution < 1.29 is 23.5 Å². The number of anilines is 2. The van der Waals surface area contributed by atoms with Crippen molar-refractivity contribution in [1.82, 2.24) is 4.90 Å². The molecule has 35 heavy (non-hydrogen) atoms. The number of piperidine rings is 1. The Hall–Kier alpha value is -2.91. The lowest BCUT2D eigenvalue weighted by atomic mass is 9.98. The van der Waals surface area contributed by atoms with Gasteiger partial charge in [-0.1, -0.05) is 18.2 Å². The summed E-state index contributed by atoms with van der Waals surface area (Å²) < 4.78 is 18.9. The molecule has 2 saturated heterocycles. The summed E-state index contributed by atoms with van der Waals surface area (Å²) in [5, 5.41) is -0.444. The minimum absolute atomic E-state index is 0.188. The summed E-state index contributed by atoms with van der Waals surface area (Å²) >= 11 is 1.32. The van der Waals surface area contributed by atoms with Gasteiger partial charge in [-0.25, -0.2) is 4.39 Å². The normalized spacial score (nSPS) is 26.5. The maximum Gasteiger partial charge on any atom is 0.310 e. The smallest absolute Gasteiger partial charge is 0.310 e. The van der Waals surface area contributed by atoms with Gasteiger partial charge >= 0.3 is 5.97 Å². The van der Waals surface area contributed by atoms with Gasteiger partial charge in [0, 0.05) is 17.8 Å². The van der Waals surface area contributed by atoms with Crippen LogP contribution < -0.4 is 9.80 Å². The van der Waals surface area contributed by atoms with Crippen LogP contribution in [0.15, 0.2) is 48.5 Å². The zero-order valence-electron chi connectivity index (χ0n) is 19.8.